The Hall–Kier alpha value is -1.42. The first-order valence-corrected chi connectivity index (χ1v) is 6.59. The van der Waals surface area contributed by atoms with Crippen molar-refractivity contribution in [3.05, 3.63) is 18.2 Å². The van der Waals surface area contributed by atoms with Crippen molar-refractivity contribution in [2.75, 3.05) is 0 Å². The molecular formula is C16H20O. The molecule has 0 amide bonds. The number of hydrogen-bond acceptors (Lipinski definition) is 1. The zero-order chi connectivity index (χ0) is 12.1. The molecule has 0 radical (unpaired) electrons. The number of fused-ring (bicyclic) bond motifs is 1. The quantitative estimate of drug-likeness (QED) is 0.707. The minimum Gasteiger partial charge on any atom is -0.490 e. The zero-order valence-corrected chi connectivity index (χ0v) is 10.5. The van der Waals surface area contributed by atoms with Crippen LogP contribution in [0.3, 0.4) is 0 Å². The summed E-state index contributed by atoms with van der Waals surface area (Å²) in [5.41, 5.74) is 2.76. The highest BCUT2D eigenvalue weighted by Gasteiger charge is 2.20. The zero-order valence-electron chi connectivity index (χ0n) is 10.5. The van der Waals surface area contributed by atoms with E-state index in [4.69, 9.17) is 11.2 Å². The molecule has 0 atom stereocenters. The summed E-state index contributed by atoms with van der Waals surface area (Å²) in [6, 6.07) is 6.48. The van der Waals surface area contributed by atoms with E-state index in [2.05, 4.69) is 31.0 Å². The summed E-state index contributed by atoms with van der Waals surface area (Å²) in [5, 5.41) is 0. The topological polar surface area (TPSA) is 9.23 Å². The lowest BCUT2D eigenvalue weighted by molar-refractivity contribution is 0.211. The van der Waals surface area contributed by atoms with Crippen molar-refractivity contribution in [1.29, 1.82) is 0 Å². The van der Waals surface area contributed by atoms with Gasteiger partial charge in [0.25, 0.3) is 0 Å². The smallest absolute Gasteiger partial charge is 0.120 e. The molecule has 0 heterocycles. The Kier molecular flexibility index (Phi) is 4.09. The molecule has 0 aliphatic heterocycles. The predicted octanol–water partition coefficient (Wildman–Crippen LogP) is 4.41. The number of unbranched alkanes of at least 4 members (excludes halogenated alkanes) is 1. The number of ether oxygens (including phenoxy) is 1. The van der Waals surface area contributed by atoms with Crippen molar-refractivity contribution in [2.24, 2.45) is 0 Å². The normalized spacial score (nSPS) is 15.8. The first-order chi connectivity index (χ1) is 8.33. The highest BCUT2D eigenvalue weighted by Crippen LogP contribution is 2.40. The first kappa shape index (κ1) is 12.0. The standard InChI is InChI=1S/C11H12O.C5H8/c1-2-4-10(3-1)12-11-6-8-5-9(8)7-11;1-3-5-4-2/h5-7,10H,1-4H2;1H,4-5H2,2H3. The highest BCUT2D eigenvalue weighted by molar-refractivity contribution is 5.83. The Bertz CT molecular complexity index is 388. The Balaban J connectivity index is 0.000000188. The third-order valence-electron chi connectivity index (χ3n) is 3.16. The molecule has 3 aliphatic carbocycles. The van der Waals surface area contributed by atoms with Crippen LogP contribution in [0.4, 0.5) is 0 Å². The number of rotatable bonds is 3. The largest absolute Gasteiger partial charge is 0.490 e. The van der Waals surface area contributed by atoms with E-state index in [1.165, 1.54) is 36.8 Å². The molecule has 3 aliphatic rings. The molecule has 17 heavy (non-hydrogen) atoms. The summed E-state index contributed by atoms with van der Waals surface area (Å²) < 4.78 is 5.82. The average Bonchev–Trinajstić information content (AvgIpc) is 2.77. The van der Waals surface area contributed by atoms with Gasteiger partial charge in [-0.15, -0.1) is 12.3 Å². The van der Waals surface area contributed by atoms with Gasteiger partial charge in [-0.25, -0.2) is 0 Å². The van der Waals surface area contributed by atoms with Gasteiger partial charge in [-0.1, -0.05) is 6.92 Å². The van der Waals surface area contributed by atoms with E-state index in [0.29, 0.717) is 6.10 Å². The van der Waals surface area contributed by atoms with Crippen LogP contribution < -0.4 is 4.74 Å². The number of terminal acetylenes is 1. The van der Waals surface area contributed by atoms with Gasteiger partial charge in [0.1, 0.15) is 5.75 Å². The van der Waals surface area contributed by atoms with Gasteiger partial charge < -0.3 is 4.74 Å². The van der Waals surface area contributed by atoms with E-state index in [0.717, 1.165) is 18.6 Å². The van der Waals surface area contributed by atoms with Crippen molar-refractivity contribution in [3.63, 3.8) is 0 Å². The fraction of sp³-hybridized carbons (Fsp3) is 0.500. The Labute approximate surface area is 104 Å². The third-order valence-corrected chi connectivity index (χ3v) is 3.16. The second kappa shape index (κ2) is 5.77. The van der Waals surface area contributed by atoms with Crippen LogP contribution >= 0.6 is 0 Å². The lowest BCUT2D eigenvalue weighted by Gasteiger charge is -2.10. The van der Waals surface area contributed by atoms with Crippen LogP contribution in [0.2, 0.25) is 0 Å². The molecule has 0 aromatic heterocycles. The lowest BCUT2D eigenvalue weighted by atomic mass is 10.3. The number of benzene rings is 1. The van der Waals surface area contributed by atoms with Crippen LogP contribution in [-0.4, -0.2) is 6.10 Å². The Morgan fingerprint density at radius 2 is 1.88 bits per heavy atom. The van der Waals surface area contributed by atoms with Crippen LogP contribution in [0, 0.1) is 12.3 Å². The van der Waals surface area contributed by atoms with Crippen molar-refractivity contribution in [3.8, 4) is 29.2 Å². The summed E-state index contributed by atoms with van der Waals surface area (Å²) in [7, 11) is 0. The molecule has 3 rings (SSSR count). The lowest BCUT2D eigenvalue weighted by Crippen LogP contribution is -2.09. The number of hydrogen-bond donors (Lipinski definition) is 0. The van der Waals surface area contributed by atoms with Gasteiger partial charge >= 0.3 is 0 Å². The fourth-order valence-electron chi connectivity index (χ4n) is 2.14. The molecule has 0 saturated heterocycles. The molecule has 1 saturated carbocycles. The predicted molar refractivity (Wildman–Crippen MR) is 72.1 cm³/mol. The molecule has 0 bridgehead atoms. The summed E-state index contributed by atoms with van der Waals surface area (Å²) in [5.74, 6) is 3.61. The SMILES string of the molecule is C#CCCC.c1c(OC2CCCC2)cc2cc1-2. The first-order valence-electron chi connectivity index (χ1n) is 6.59. The fourth-order valence-corrected chi connectivity index (χ4v) is 2.14. The average molecular weight is 228 g/mol. The summed E-state index contributed by atoms with van der Waals surface area (Å²) >= 11 is 0. The second-order valence-corrected chi connectivity index (χ2v) is 4.72. The minimum atomic E-state index is 0.506. The van der Waals surface area contributed by atoms with Crippen LogP contribution in [0.5, 0.6) is 5.75 Å². The maximum atomic E-state index is 5.82. The molecule has 1 fully saturated rings. The minimum absolute atomic E-state index is 0.506. The highest BCUT2D eigenvalue weighted by atomic mass is 16.5. The van der Waals surface area contributed by atoms with Gasteiger partial charge in [-0.2, -0.15) is 0 Å². The molecule has 1 nitrogen and oxygen atoms in total. The van der Waals surface area contributed by atoms with E-state index in [1.54, 1.807) is 0 Å². The van der Waals surface area contributed by atoms with Crippen LogP contribution in [0.15, 0.2) is 18.2 Å². The van der Waals surface area contributed by atoms with Gasteiger partial charge in [0.2, 0.25) is 0 Å². The van der Waals surface area contributed by atoms with Gasteiger partial charge in [0.15, 0.2) is 0 Å². The van der Waals surface area contributed by atoms with E-state index in [-0.39, 0.29) is 0 Å². The molecule has 0 aromatic carbocycles. The Morgan fingerprint density at radius 3 is 2.35 bits per heavy atom. The molecule has 0 spiro atoms. The van der Waals surface area contributed by atoms with Gasteiger partial charge in [-0.05, 0) is 61.4 Å². The molecular weight excluding hydrogens is 208 g/mol. The van der Waals surface area contributed by atoms with E-state index in [1.807, 2.05) is 0 Å². The molecule has 0 aromatic rings. The molecule has 90 valence electrons. The van der Waals surface area contributed by atoms with Crippen molar-refractivity contribution < 1.29 is 4.74 Å². The second-order valence-electron chi connectivity index (χ2n) is 4.72. The van der Waals surface area contributed by atoms with Crippen molar-refractivity contribution in [1.82, 2.24) is 0 Å². The molecule has 0 N–H and O–H groups in total. The summed E-state index contributed by atoms with van der Waals surface area (Å²) in [6.45, 7) is 2.07. The van der Waals surface area contributed by atoms with Gasteiger partial charge in [0.05, 0.1) is 6.10 Å². The Morgan fingerprint density at radius 1 is 1.24 bits per heavy atom. The molecule has 1 heteroatoms. The van der Waals surface area contributed by atoms with Crippen molar-refractivity contribution >= 4 is 0 Å². The van der Waals surface area contributed by atoms with Gasteiger partial charge in [0, 0.05) is 6.42 Å². The maximum absolute atomic E-state index is 5.82. The van der Waals surface area contributed by atoms with Crippen LogP contribution in [0.25, 0.3) is 11.1 Å². The van der Waals surface area contributed by atoms with E-state index < -0.39 is 0 Å². The van der Waals surface area contributed by atoms with Crippen LogP contribution in [0.1, 0.15) is 45.4 Å². The maximum Gasteiger partial charge on any atom is 0.120 e. The van der Waals surface area contributed by atoms with Crippen LogP contribution in [-0.2, 0) is 0 Å². The van der Waals surface area contributed by atoms with E-state index >= 15 is 0 Å². The van der Waals surface area contributed by atoms with E-state index in [9.17, 15) is 0 Å². The van der Waals surface area contributed by atoms with Gasteiger partial charge in [-0.3, -0.25) is 0 Å². The monoisotopic (exact) mass is 228 g/mol. The third kappa shape index (κ3) is 3.53. The molecule has 0 unspecified atom stereocenters. The summed E-state index contributed by atoms with van der Waals surface area (Å²) in [6.07, 6.45) is 12.6. The van der Waals surface area contributed by atoms with Crippen molar-refractivity contribution in [2.45, 2.75) is 51.6 Å². The summed E-state index contributed by atoms with van der Waals surface area (Å²) in [4.78, 5) is 0.